The van der Waals surface area contributed by atoms with Gasteiger partial charge in [0.05, 0.1) is 18.1 Å². The lowest BCUT2D eigenvalue weighted by Crippen LogP contribution is -2.03. The molecule has 0 amide bonds. The van der Waals surface area contributed by atoms with Crippen LogP contribution in [0.5, 0.6) is 5.75 Å². The van der Waals surface area contributed by atoms with E-state index in [1.165, 1.54) is 5.56 Å². The number of nitrogens with zero attached hydrogens (tertiary/aromatic N) is 3. The maximum absolute atomic E-state index is 5.64. The molecule has 0 atom stereocenters. The summed E-state index contributed by atoms with van der Waals surface area (Å²) in [5.74, 6) is 1.57. The Bertz CT molecular complexity index is 987. The first-order valence-corrected chi connectivity index (χ1v) is 8.16. The number of imidazole rings is 1. The molecule has 4 aromatic rings. The normalized spacial score (nSPS) is 11.1. The van der Waals surface area contributed by atoms with Crippen molar-refractivity contribution in [1.29, 1.82) is 0 Å². The number of aromatic amines is 1. The van der Waals surface area contributed by atoms with Gasteiger partial charge in [-0.3, -0.25) is 9.67 Å². The van der Waals surface area contributed by atoms with Crippen molar-refractivity contribution in [2.75, 3.05) is 13.7 Å². The number of nitrogens with one attached hydrogen (secondary N) is 1. The highest BCUT2D eigenvalue weighted by Crippen LogP contribution is 2.29. The summed E-state index contributed by atoms with van der Waals surface area (Å²) in [4.78, 5) is 4.78. The van der Waals surface area contributed by atoms with E-state index in [-0.39, 0.29) is 0 Å². The number of aromatic nitrogens is 4. The largest absolute Gasteiger partial charge is 0.497 e. The van der Waals surface area contributed by atoms with Crippen LogP contribution in [0, 0.1) is 0 Å². The van der Waals surface area contributed by atoms with Crippen LogP contribution in [0.3, 0.4) is 0 Å². The molecule has 6 nitrogen and oxygen atoms in total. The van der Waals surface area contributed by atoms with Crippen LogP contribution < -0.4 is 10.5 Å². The van der Waals surface area contributed by atoms with Gasteiger partial charge in [-0.05, 0) is 48.9 Å². The fraction of sp³-hybridized carbons (Fsp3) is 0.158. The summed E-state index contributed by atoms with van der Waals surface area (Å²) in [6.07, 6.45) is 2.67. The highest BCUT2D eigenvalue weighted by molar-refractivity contribution is 5.83. The Morgan fingerprint density at radius 2 is 1.96 bits per heavy atom. The Morgan fingerprint density at radius 1 is 1.12 bits per heavy atom. The molecule has 0 bridgehead atoms. The topological polar surface area (TPSA) is 81.8 Å². The van der Waals surface area contributed by atoms with Gasteiger partial charge < -0.3 is 10.5 Å². The minimum atomic E-state index is 0.645. The number of methoxy groups -OCH3 is 1. The van der Waals surface area contributed by atoms with Crippen molar-refractivity contribution in [1.82, 2.24) is 19.7 Å². The lowest BCUT2D eigenvalue weighted by atomic mass is 10.1. The SMILES string of the molecule is COc1ccc2c(c1)nc(-c1cc[nH]n1)n2-c1ccc(CCN)cc1. The van der Waals surface area contributed by atoms with Crippen LogP contribution in [-0.2, 0) is 6.42 Å². The third-order valence-corrected chi connectivity index (χ3v) is 4.22. The Morgan fingerprint density at radius 3 is 2.64 bits per heavy atom. The molecule has 4 rings (SSSR count). The van der Waals surface area contributed by atoms with E-state index >= 15 is 0 Å². The summed E-state index contributed by atoms with van der Waals surface area (Å²) in [7, 11) is 1.66. The Kier molecular flexibility index (Phi) is 3.95. The molecule has 2 heterocycles. The molecule has 6 heteroatoms. The van der Waals surface area contributed by atoms with E-state index < -0.39 is 0 Å². The van der Waals surface area contributed by atoms with E-state index in [2.05, 4.69) is 39.0 Å². The van der Waals surface area contributed by atoms with E-state index in [0.717, 1.165) is 40.4 Å². The van der Waals surface area contributed by atoms with Crippen LogP contribution >= 0.6 is 0 Å². The van der Waals surface area contributed by atoms with Crippen molar-refractivity contribution in [2.24, 2.45) is 5.73 Å². The number of fused-ring (bicyclic) bond motifs is 1. The second-order valence-electron chi connectivity index (χ2n) is 5.79. The Hall–Kier alpha value is -3.12. The van der Waals surface area contributed by atoms with Crippen LogP contribution in [0.25, 0.3) is 28.2 Å². The molecule has 0 saturated carbocycles. The van der Waals surface area contributed by atoms with Crippen molar-refractivity contribution < 1.29 is 4.74 Å². The molecule has 0 fully saturated rings. The van der Waals surface area contributed by atoms with E-state index in [1.807, 2.05) is 24.3 Å². The van der Waals surface area contributed by atoms with Crippen molar-refractivity contribution in [3.63, 3.8) is 0 Å². The molecule has 126 valence electrons. The van der Waals surface area contributed by atoms with Gasteiger partial charge in [-0.25, -0.2) is 4.98 Å². The molecule has 0 aliphatic heterocycles. The first-order valence-electron chi connectivity index (χ1n) is 8.16. The number of H-pyrrole nitrogens is 1. The molecule has 2 aromatic heterocycles. The standard InChI is InChI=1S/C19H19N5O/c1-25-15-6-7-18-17(12-15)22-19(16-9-11-21-23-16)24(18)14-4-2-13(3-5-14)8-10-20/h2-7,9,11-12H,8,10,20H2,1H3,(H,21,23). The smallest absolute Gasteiger partial charge is 0.166 e. The zero-order chi connectivity index (χ0) is 17.2. The predicted octanol–water partition coefficient (Wildman–Crippen LogP) is 2.93. The Balaban J connectivity index is 1.92. The van der Waals surface area contributed by atoms with Gasteiger partial charge in [-0.1, -0.05) is 12.1 Å². The lowest BCUT2D eigenvalue weighted by Gasteiger charge is -2.09. The van der Waals surface area contributed by atoms with Crippen molar-refractivity contribution in [2.45, 2.75) is 6.42 Å². The summed E-state index contributed by atoms with van der Waals surface area (Å²) in [5, 5.41) is 7.16. The number of rotatable bonds is 5. The zero-order valence-corrected chi connectivity index (χ0v) is 13.9. The fourth-order valence-corrected chi connectivity index (χ4v) is 2.98. The van der Waals surface area contributed by atoms with Crippen LogP contribution in [0.2, 0.25) is 0 Å². The van der Waals surface area contributed by atoms with Gasteiger partial charge >= 0.3 is 0 Å². The second kappa shape index (κ2) is 6.41. The summed E-state index contributed by atoms with van der Waals surface area (Å²) in [6.45, 7) is 0.645. The monoisotopic (exact) mass is 333 g/mol. The number of hydrogen-bond acceptors (Lipinski definition) is 4. The second-order valence-corrected chi connectivity index (χ2v) is 5.79. The van der Waals surface area contributed by atoms with E-state index in [1.54, 1.807) is 13.3 Å². The number of hydrogen-bond donors (Lipinski definition) is 2. The minimum Gasteiger partial charge on any atom is -0.497 e. The number of ether oxygens (including phenoxy) is 1. The first-order chi connectivity index (χ1) is 12.3. The number of nitrogens with two attached hydrogens (primary N) is 1. The van der Waals surface area contributed by atoms with Gasteiger partial charge in [0.25, 0.3) is 0 Å². The third-order valence-electron chi connectivity index (χ3n) is 4.22. The van der Waals surface area contributed by atoms with E-state index in [0.29, 0.717) is 6.54 Å². The minimum absolute atomic E-state index is 0.645. The molecular weight excluding hydrogens is 314 g/mol. The lowest BCUT2D eigenvalue weighted by molar-refractivity contribution is 0.415. The van der Waals surface area contributed by atoms with E-state index in [4.69, 9.17) is 15.5 Å². The maximum Gasteiger partial charge on any atom is 0.166 e. The molecule has 3 N–H and O–H groups in total. The van der Waals surface area contributed by atoms with Crippen LogP contribution in [0.15, 0.2) is 54.7 Å². The molecule has 25 heavy (non-hydrogen) atoms. The van der Waals surface area contributed by atoms with Gasteiger partial charge in [-0.2, -0.15) is 5.10 Å². The average molecular weight is 333 g/mol. The molecule has 0 aliphatic carbocycles. The molecule has 0 unspecified atom stereocenters. The van der Waals surface area contributed by atoms with Crippen molar-refractivity contribution in [3.05, 3.63) is 60.3 Å². The molecule has 0 saturated heterocycles. The summed E-state index contributed by atoms with van der Waals surface area (Å²) in [6, 6.07) is 16.2. The third kappa shape index (κ3) is 2.77. The maximum atomic E-state index is 5.64. The summed E-state index contributed by atoms with van der Waals surface area (Å²) in [5.41, 5.74) is 10.6. The number of benzene rings is 2. The highest BCUT2D eigenvalue weighted by Gasteiger charge is 2.16. The average Bonchev–Trinajstić information content (AvgIpc) is 3.29. The fourth-order valence-electron chi connectivity index (χ4n) is 2.98. The quantitative estimate of drug-likeness (QED) is 0.588. The first kappa shape index (κ1) is 15.4. The molecule has 2 aromatic carbocycles. The van der Waals surface area contributed by atoms with Crippen molar-refractivity contribution in [3.8, 4) is 23.0 Å². The van der Waals surface area contributed by atoms with Gasteiger partial charge in [0, 0.05) is 18.0 Å². The zero-order valence-electron chi connectivity index (χ0n) is 13.9. The van der Waals surface area contributed by atoms with Crippen LogP contribution in [0.1, 0.15) is 5.56 Å². The van der Waals surface area contributed by atoms with Gasteiger partial charge in [0.2, 0.25) is 0 Å². The van der Waals surface area contributed by atoms with Gasteiger partial charge in [0.1, 0.15) is 11.4 Å². The molecule has 0 spiro atoms. The van der Waals surface area contributed by atoms with Crippen LogP contribution in [-0.4, -0.2) is 33.4 Å². The predicted molar refractivity (Wildman–Crippen MR) is 98.0 cm³/mol. The van der Waals surface area contributed by atoms with Gasteiger partial charge in [-0.15, -0.1) is 0 Å². The molecule has 0 radical (unpaired) electrons. The van der Waals surface area contributed by atoms with Gasteiger partial charge in [0.15, 0.2) is 5.82 Å². The van der Waals surface area contributed by atoms with Crippen LogP contribution in [0.4, 0.5) is 0 Å². The summed E-state index contributed by atoms with van der Waals surface area (Å²) >= 11 is 0. The van der Waals surface area contributed by atoms with E-state index in [9.17, 15) is 0 Å². The highest BCUT2D eigenvalue weighted by atomic mass is 16.5. The summed E-state index contributed by atoms with van der Waals surface area (Å²) < 4.78 is 7.44. The Labute approximate surface area is 145 Å². The molecular formula is C19H19N5O. The molecule has 0 aliphatic rings. The van der Waals surface area contributed by atoms with Crippen molar-refractivity contribution >= 4 is 11.0 Å².